The maximum Gasteiger partial charge on any atom is 0.236 e. The number of nitrogens with one attached hydrogen (secondary N) is 5. The molecule has 1 atom stereocenters. The Bertz CT molecular complexity index is 1580. The van der Waals surface area contributed by atoms with Crippen LogP contribution in [0, 0.1) is 5.92 Å². The predicted molar refractivity (Wildman–Crippen MR) is 214 cm³/mol. The van der Waals surface area contributed by atoms with Gasteiger partial charge in [-0.3, -0.25) is 14.3 Å². The van der Waals surface area contributed by atoms with Crippen LogP contribution in [-0.2, 0) is 22.7 Å². The van der Waals surface area contributed by atoms with Crippen LogP contribution in [0.4, 0.5) is 11.8 Å². The molecular weight excluding hydrogens is 681 g/mol. The summed E-state index contributed by atoms with van der Waals surface area (Å²) in [4.78, 5) is 37.1. The number of carbonyl (C=O) groups is 2. The average molecular weight is 745 g/mol. The third-order valence-corrected chi connectivity index (χ3v) is 11.4. The normalized spacial score (nSPS) is 18.1. The zero-order valence-electron chi connectivity index (χ0n) is 32.2. The van der Waals surface area contributed by atoms with E-state index >= 15 is 0 Å². The van der Waals surface area contributed by atoms with Gasteiger partial charge in [-0.1, -0.05) is 55.9 Å². The number of nitrogens with zero attached hydrogens (tertiary/aromatic N) is 6. The molecule has 1 saturated heterocycles. The minimum absolute atomic E-state index is 0.0598. The molecule has 14 heteroatoms. The number of benzene rings is 1. The maximum atomic E-state index is 13.0. The number of hydrogen-bond acceptors (Lipinski definition) is 11. The SMILES string of the molecule is N[C@@H](CCC(=O)N1CCC(Nc2nc(NCc3cn(CCCNCCCNC4CCCCC4)nn3)nc3ccccc23)CC1)C(=O)NCC1CCCCC1. The molecule has 296 valence electrons. The van der Waals surface area contributed by atoms with Crippen molar-refractivity contribution < 1.29 is 9.59 Å². The van der Waals surface area contributed by atoms with Crippen LogP contribution >= 0.6 is 0 Å². The van der Waals surface area contributed by atoms with E-state index in [1.165, 1.54) is 64.2 Å². The highest BCUT2D eigenvalue weighted by atomic mass is 16.2. The van der Waals surface area contributed by atoms with Gasteiger partial charge in [0.1, 0.15) is 11.5 Å². The molecule has 14 nitrogen and oxygen atoms in total. The molecule has 2 saturated carbocycles. The molecule has 0 unspecified atom stereocenters. The Kier molecular flexibility index (Phi) is 15.7. The molecule has 3 aromatic rings. The molecule has 0 bridgehead atoms. The molecule has 2 amide bonds. The number of nitrogens with two attached hydrogens (primary N) is 1. The highest BCUT2D eigenvalue weighted by molar-refractivity contribution is 5.90. The van der Waals surface area contributed by atoms with Gasteiger partial charge in [0, 0.05) is 50.1 Å². The summed E-state index contributed by atoms with van der Waals surface area (Å²) in [5.41, 5.74) is 7.85. The lowest BCUT2D eigenvalue weighted by Gasteiger charge is -2.33. The zero-order chi connectivity index (χ0) is 37.4. The first-order chi connectivity index (χ1) is 26.5. The summed E-state index contributed by atoms with van der Waals surface area (Å²) in [6.07, 6.45) is 19.3. The van der Waals surface area contributed by atoms with Gasteiger partial charge >= 0.3 is 0 Å². The number of carbonyl (C=O) groups excluding carboxylic acids is 2. The molecule has 3 fully saturated rings. The molecule has 54 heavy (non-hydrogen) atoms. The number of amides is 2. The molecular formula is C40H64N12O2. The summed E-state index contributed by atoms with van der Waals surface area (Å²) in [5, 5.41) is 26.9. The average Bonchev–Trinajstić information content (AvgIpc) is 3.67. The van der Waals surface area contributed by atoms with Gasteiger partial charge in [0.25, 0.3) is 0 Å². The van der Waals surface area contributed by atoms with Crippen molar-refractivity contribution in [3.05, 3.63) is 36.2 Å². The maximum absolute atomic E-state index is 13.0. The number of para-hydroxylation sites is 1. The van der Waals surface area contributed by atoms with E-state index in [2.05, 4.69) is 36.9 Å². The fraction of sp³-hybridized carbons (Fsp3) is 0.700. The minimum atomic E-state index is -0.654. The highest BCUT2D eigenvalue weighted by Crippen LogP contribution is 2.26. The van der Waals surface area contributed by atoms with Gasteiger partial charge in [-0.2, -0.15) is 4.98 Å². The van der Waals surface area contributed by atoms with Crippen LogP contribution in [0.25, 0.3) is 10.9 Å². The van der Waals surface area contributed by atoms with Crippen molar-refractivity contribution in [1.82, 2.24) is 45.8 Å². The van der Waals surface area contributed by atoms with Crippen molar-refractivity contribution in [2.75, 3.05) is 49.9 Å². The zero-order valence-corrected chi connectivity index (χ0v) is 32.2. The van der Waals surface area contributed by atoms with Crippen molar-refractivity contribution in [3.8, 4) is 0 Å². The van der Waals surface area contributed by atoms with Crippen molar-refractivity contribution in [2.45, 2.75) is 134 Å². The number of aryl methyl sites for hydroxylation is 1. The smallest absolute Gasteiger partial charge is 0.236 e. The second kappa shape index (κ2) is 21.3. The van der Waals surface area contributed by atoms with Gasteiger partial charge in [-0.15, -0.1) is 5.10 Å². The Morgan fingerprint density at radius 2 is 1.63 bits per heavy atom. The van der Waals surface area contributed by atoms with E-state index in [1.807, 2.05) is 40.0 Å². The number of hydrogen-bond donors (Lipinski definition) is 6. The van der Waals surface area contributed by atoms with Crippen molar-refractivity contribution in [3.63, 3.8) is 0 Å². The fourth-order valence-corrected chi connectivity index (χ4v) is 8.08. The van der Waals surface area contributed by atoms with Gasteiger partial charge in [0.05, 0.1) is 24.3 Å². The van der Waals surface area contributed by atoms with Gasteiger partial charge < -0.3 is 37.2 Å². The van der Waals surface area contributed by atoms with Gasteiger partial charge in [-0.25, -0.2) is 4.98 Å². The van der Waals surface area contributed by atoms with Gasteiger partial charge in [-0.05, 0) is 95.5 Å². The summed E-state index contributed by atoms with van der Waals surface area (Å²) in [6, 6.07) is 8.24. The quantitative estimate of drug-likeness (QED) is 0.0907. The first kappa shape index (κ1) is 39.8. The fourth-order valence-electron chi connectivity index (χ4n) is 8.08. The third kappa shape index (κ3) is 12.6. The standard InChI is InChI=1S/C40H64N12O2/c41-35(39(54)44-27-30-11-3-1-4-12-30)17-18-37(53)51-25-19-32(20-26-51)46-38-34-15-7-8-16-36(34)47-40(48-38)45-28-33-29-52(50-49-33)24-10-22-42-21-9-23-43-31-13-5-2-6-14-31/h7-8,15-16,29-32,35,42-43H,1-6,9-14,17-28,41H2,(H,44,54)(H2,45,46,47,48)/t35-/m0/s1. The van der Waals surface area contributed by atoms with E-state index in [0.717, 1.165) is 80.3 Å². The van der Waals surface area contributed by atoms with Crippen LogP contribution in [0.15, 0.2) is 30.5 Å². The van der Waals surface area contributed by atoms with Crippen LogP contribution in [0.1, 0.15) is 108 Å². The number of rotatable bonds is 20. The second-order valence-electron chi connectivity index (χ2n) is 15.7. The number of fused-ring (bicyclic) bond motifs is 1. The monoisotopic (exact) mass is 745 g/mol. The first-order valence-corrected chi connectivity index (χ1v) is 20.9. The molecule has 7 N–H and O–H groups in total. The van der Waals surface area contributed by atoms with E-state index in [4.69, 9.17) is 15.7 Å². The minimum Gasteiger partial charge on any atom is -0.367 e. The van der Waals surface area contributed by atoms with E-state index in [0.29, 0.717) is 44.5 Å². The van der Waals surface area contributed by atoms with E-state index in [-0.39, 0.29) is 24.3 Å². The van der Waals surface area contributed by atoms with Gasteiger partial charge in [0.2, 0.25) is 17.8 Å². The van der Waals surface area contributed by atoms with Crippen LogP contribution in [0.3, 0.4) is 0 Å². The Balaban J connectivity index is 0.890. The van der Waals surface area contributed by atoms with Crippen LogP contribution < -0.4 is 32.3 Å². The van der Waals surface area contributed by atoms with Crippen LogP contribution in [0.5, 0.6) is 0 Å². The Morgan fingerprint density at radius 1 is 0.870 bits per heavy atom. The van der Waals surface area contributed by atoms with E-state index < -0.39 is 6.04 Å². The van der Waals surface area contributed by atoms with E-state index in [9.17, 15) is 9.59 Å². The third-order valence-electron chi connectivity index (χ3n) is 11.4. The molecule has 6 rings (SSSR count). The van der Waals surface area contributed by atoms with Crippen LogP contribution in [0.2, 0.25) is 0 Å². The molecule has 2 aromatic heterocycles. The van der Waals surface area contributed by atoms with E-state index in [1.54, 1.807) is 0 Å². The van der Waals surface area contributed by atoms with Crippen LogP contribution in [-0.4, -0.2) is 99.1 Å². The molecule has 3 heterocycles. The Morgan fingerprint density at radius 3 is 2.44 bits per heavy atom. The second-order valence-corrected chi connectivity index (χ2v) is 15.7. The predicted octanol–water partition coefficient (Wildman–Crippen LogP) is 4.33. The summed E-state index contributed by atoms with van der Waals surface area (Å²) < 4.78 is 1.90. The number of piperidine rings is 1. The Labute approximate surface area is 321 Å². The van der Waals surface area contributed by atoms with Gasteiger partial charge in [0.15, 0.2) is 0 Å². The lowest BCUT2D eigenvalue weighted by Crippen LogP contribution is -2.45. The van der Waals surface area contributed by atoms with Crippen molar-refractivity contribution in [1.29, 1.82) is 0 Å². The largest absolute Gasteiger partial charge is 0.367 e. The first-order valence-electron chi connectivity index (χ1n) is 20.9. The lowest BCUT2D eigenvalue weighted by atomic mass is 9.89. The molecule has 1 aromatic carbocycles. The number of likely N-dealkylation sites (tertiary alicyclic amines) is 1. The topological polar surface area (TPSA) is 180 Å². The lowest BCUT2D eigenvalue weighted by molar-refractivity contribution is -0.132. The molecule has 3 aliphatic rings. The summed E-state index contributed by atoms with van der Waals surface area (Å²) >= 11 is 0. The molecule has 0 radical (unpaired) electrons. The summed E-state index contributed by atoms with van der Waals surface area (Å²) in [7, 11) is 0. The molecule has 2 aliphatic carbocycles. The summed E-state index contributed by atoms with van der Waals surface area (Å²) in [6.45, 7) is 6.37. The number of aromatic nitrogens is 5. The highest BCUT2D eigenvalue weighted by Gasteiger charge is 2.25. The number of anilines is 2. The van der Waals surface area contributed by atoms with Crippen molar-refractivity contribution >= 4 is 34.5 Å². The summed E-state index contributed by atoms with van der Waals surface area (Å²) in [5.74, 6) is 1.78. The Hall–Kier alpha value is -3.88. The molecule has 1 aliphatic heterocycles. The molecule has 0 spiro atoms. The van der Waals surface area contributed by atoms with Crippen molar-refractivity contribution in [2.24, 2.45) is 11.7 Å².